The second-order valence-corrected chi connectivity index (χ2v) is 5.27. The van der Waals surface area contributed by atoms with Gasteiger partial charge in [-0.2, -0.15) is 0 Å². The highest BCUT2D eigenvalue weighted by Crippen LogP contribution is 2.17. The highest BCUT2D eigenvalue weighted by Gasteiger charge is 2.04. The fourth-order valence-electron chi connectivity index (χ4n) is 1.58. The molecule has 0 saturated carbocycles. The number of benzene rings is 2. The average Bonchev–Trinajstić information content (AvgIpc) is 2.47. The summed E-state index contributed by atoms with van der Waals surface area (Å²) >= 11 is 2.21. The summed E-state index contributed by atoms with van der Waals surface area (Å²) in [6.07, 6.45) is 0. The third-order valence-electron chi connectivity index (χ3n) is 2.54. The Morgan fingerprint density at radius 2 is 1.90 bits per heavy atom. The Kier molecular flexibility index (Phi) is 5.23. The van der Waals surface area contributed by atoms with Crippen LogP contribution >= 0.6 is 22.6 Å². The number of amides is 1. The molecule has 0 unspecified atom stereocenters. The van der Waals surface area contributed by atoms with E-state index in [2.05, 4.69) is 27.9 Å². The first-order chi connectivity index (χ1) is 9.67. The highest BCUT2D eigenvalue weighted by atomic mass is 127. The van der Waals surface area contributed by atoms with Gasteiger partial charge in [0.25, 0.3) is 5.91 Å². The SMILES string of the molecule is COc1cccc(NC(=O)COc2ccc(I)cc2)c1. The van der Waals surface area contributed by atoms with E-state index < -0.39 is 0 Å². The largest absolute Gasteiger partial charge is 0.497 e. The van der Waals surface area contributed by atoms with E-state index in [0.717, 1.165) is 3.57 Å². The molecule has 2 aromatic rings. The number of ether oxygens (including phenoxy) is 2. The molecule has 1 N–H and O–H groups in total. The Bertz CT molecular complexity index is 584. The molecular formula is C15H14INO3. The summed E-state index contributed by atoms with van der Waals surface area (Å²) < 4.78 is 11.6. The van der Waals surface area contributed by atoms with Gasteiger partial charge in [0.05, 0.1) is 7.11 Å². The van der Waals surface area contributed by atoms with E-state index in [-0.39, 0.29) is 12.5 Å². The lowest BCUT2D eigenvalue weighted by molar-refractivity contribution is -0.118. The number of anilines is 1. The highest BCUT2D eigenvalue weighted by molar-refractivity contribution is 14.1. The van der Waals surface area contributed by atoms with Crippen LogP contribution in [0.1, 0.15) is 0 Å². The lowest BCUT2D eigenvalue weighted by Gasteiger charge is -2.08. The molecule has 0 radical (unpaired) electrons. The Morgan fingerprint density at radius 3 is 2.60 bits per heavy atom. The molecule has 0 fully saturated rings. The van der Waals surface area contributed by atoms with Crippen LogP contribution in [0, 0.1) is 3.57 Å². The minimum absolute atomic E-state index is 0.0300. The maximum Gasteiger partial charge on any atom is 0.262 e. The number of methoxy groups -OCH3 is 1. The van der Waals surface area contributed by atoms with E-state index >= 15 is 0 Å². The number of hydrogen-bond acceptors (Lipinski definition) is 3. The number of halogens is 1. The lowest BCUT2D eigenvalue weighted by atomic mass is 10.3. The van der Waals surface area contributed by atoms with Crippen LogP contribution in [-0.2, 0) is 4.79 Å². The Balaban J connectivity index is 1.87. The number of carbonyl (C=O) groups excluding carboxylic acids is 1. The van der Waals surface area contributed by atoms with E-state index in [4.69, 9.17) is 9.47 Å². The minimum atomic E-state index is -0.211. The van der Waals surface area contributed by atoms with Gasteiger partial charge in [0.2, 0.25) is 0 Å². The van der Waals surface area contributed by atoms with E-state index in [1.165, 1.54) is 0 Å². The summed E-state index contributed by atoms with van der Waals surface area (Å²) in [5, 5.41) is 2.75. The van der Waals surface area contributed by atoms with Crippen molar-refractivity contribution in [2.45, 2.75) is 0 Å². The zero-order chi connectivity index (χ0) is 14.4. The van der Waals surface area contributed by atoms with Crippen LogP contribution in [-0.4, -0.2) is 19.6 Å². The molecule has 0 aromatic heterocycles. The summed E-state index contributed by atoms with van der Waals surface area (Å²) in [4.78, 5) is 11.8. The molecule has 0 spiro atoms. The second-order valence-electron chi connectivity index (χ2n) is 4.02. The van der Waals surface area contributed by atoms with Crippen molar-refractivity contribution < 1.29 is 14.3 Å². The molecule has 0 bridgehead atoms. The van der Waals surface area contributed by atoms with Crippen LogP contribution in [0.15, 0.2) is 48.5 Å². The van der Waals surface area contributed by atoms with E-state index in [1.807, 2.05) is 36.4 Å². The van der Waals surface area contributed by atoms with Crippen molar-refractivity contribution in [3.63, 3.8) is 0 Å². The Labute approximate surface area is 131 Å². The van der Waals surface area contributed by atoms with Crippen molar-refractivity contribution in [3.8, 4) is 11.5 Å². The molecular weight excluding hydrogens is 369 g/mol. The van der Waals surface area contributed by atoms with Crippen molar-refractivity contribution in [3.05, 3.63) is 52.1 Å². The van der Waals surface area contributed by atoms with Gasteiger partial charge in [0, 0.05) is 15.3 Å². The molecule has 0 aliphatic heterocycles. The van der Waals surface area contributed by atoms with Gasteiger partial charge in [-0.3, -0.25) is 4.79 Å². The van der Waals surface area contributed by atoms with Crippen LogP contribution in [0.2, 0.25) is 0 Å². The number of rotatable bonds is 5. The zero-order valence-electron chi connectivity index (χ0n) is 10.9. The third kappa shape index (κ3) is 4.41. The number of hydrogen-bond donors (Lipinski definition) is 1. The predicted molar refractivity (Wildman–Crippen MR) is 86.3 cm³/mol. The Hall–Kier alpha value is -1.76. The standard InChI is InChI=1S/C15H14INO3/c1-19-14-4-2-3-12(9-14)17-15(18)10-20-13-7-5-11(16)6-8-13/h2-9H,10H2,1H3,(H,17,18). The normalized spacial score (nSPS) is 9.90. The first-order valence-electron chi connectivity index (χ1n) is 5.99. The third-order valence-corrected chi connectivity index (χ3v) is 3.26. The van der Waals surface area contributed by atoms with Gasteiger partial charge in [-0.05, 0) is 59.0 Å². The van der Waals surface area contributed by atoms with Crippen molar-refractivity contribution >= 4 is 34.2 Å². The van der Waals surface area contributed by atoms with Gasteiger partial charge in [-0.15, -0.1) is 0 Å². The number of carbonyl (C=O) groups is 1. The quantitative estimate of drug-likeness (QED) is 0.806. The molecule has 2 aromatic carbocycles. The van der Waals surface area contributed by atoms with Crippen molar-refractivity contribution in [2.75, 3.05) is 19.0 Å². The second kappa shape index (κ2) is 7.14. The molecule has 1 amide bonds. The predicted octanol–water partition coefficient (Wildman–Crippen LogP) is 3.32. The fraction of sp³-hybridized carbons (Fsp3) is 0.133. The van der Waals surface area contributed by atoms with Crippen LogP contribution in [0.25, 0.3) is 0 Å². The van der Waals surface area contributed by atoms with Crippen LogP contribution < -0.4 is 14.8 Å². The molecule has 104 valence electrons. The molecule has 4 nitrogen and oxygen atoms in total. The molecule has 0 saturated heterocycles. The molecule has 0 atom stereocenters. The van der Waals surface area contributed by atoms with E-state index in [9.17, 15) is 4.79 Å². The van der Waals surface area contributed by atoms with Gasteiger partial charge in [0.15, 0.2) is 6.61 Å². The molecule has 0 heterocycles. The number of nitrogens with one attached hydrogen (secondary N) is 1. The van der Waals surface area contributed by atoms with E-state index in [0.29, 0.717) is 17.2 Å². The van der Waals surface area contributed by atoms with E-state index in [1.54, 1.807) is 19.2 Å². The van der Waals surface area contributed by atoms with Crippen molar-refractivity contribution in [1.29, 1.82) is 0 Å². The van der Waals surface area contributed by atoms with Crippen LogP contribution in [0.3, 0.4) is 0 Å². The summed E-state index contributed by atoms with van der Waals surface area (Å²) in [5.74, 6) is 1.16. The van der Waals surface area contributed by atoms with Gasteiger partial charge < -0.3 is 14.8 Å². The van der Waals surface area contributed by atoms with Gasteiger partial charge in [-0.25, -0.2) is 0 Å². The zero-order valence-corrected chi connectivity index (χ0v) is 13.1. The summed E-state index contributed by atoms with van der Waals surface area (Å²) in [5.41, 5.74) is 0.681. The smallest absolute Gasteiger partial charge is 0.262 e. The maximum absolute atomic E-state index is 11.8. The minimum Gasteiger partial charge on any atom is -0.497 e. The Morgan fingerprint density at radius 1 is 1.15 bits per heavy atom. The fourth-order valence-corrected chi connectivity index (χ4v) is 1.94. The molecule has 20 heavy (non-hydrogen) atoms. The van der Waals surface area contributed by atoms with Gasteiger partial charge in [-0.1, -0.05) is 6.07 Å². The topological polar surface area (TPSA) is 47.6 Å². The van der Waals surface area contributed by atoms with Crippen LogP contribution in [0.4, 0.5) is 5.69 Å². The lowest BCUT2D eigenvalue weighted by Crippen LogP contribution is -2.20. The van der Waals surface area contributed by atoms with Crippen molar-refractivity contribution in [1.82, 2.24) is 0 Å². The van der Waals surface area contributed by atoms with Gasteiger partial charge >= 0.3 is 0 Å². The molecule has 5 heteroatoms. The maximum atomic E-state index is 11.8. The van der Waals surface area contributed by atoms with Crippen LogP contribution in [0.5, 0.6) is 11.5 Å². The summed E-state index contributed by atoms with van der Waals surface area (Å²) in [6, 6.07) is 14.7. The molecule has 0 aliphatic carbocycles. The first kappa shape index (κ1) is 14.6. The van der Waals surface area contributed by atoms with Crippen molar-refractivity contribution in [2.24, 2.45) is 0 Å². The molecule has 2 rings (SSSR count). The van der Waals surface area contributed by atoms with Gasteiger partial charge in [0.1, 0.15) is 11.5 Å². The monoisotopic (exact) mass is 383 g/mol. The average molecular weight is 383 g/mol. The first-order valence-corrected chi connectivity index (χ1v) is 7.07. The summed E-state index contributed by atoms with van der Waals surface area (Å²) in [7, 11) is 1.58. The molecule has 0 aliphatic rings. The summed E-state index contributed by atoms with van der Waals surface area (Å²) in [6.45, 7) is -0.0300.